The summed E-state index contributed by atoms with van der Waals surface area (Å²) in [4.78, 5) is 19.5. The largest absolute Gasteiger partial charge is 0.462 e. The maximum absolute atomic E-state index is 12.6. The fraction of sp³-hybridized carbons (Fsp3) is 0.889. The van der Waals surface area contributed by atoms with Crippen molar-refractivity contribution in [3.8, 4) is 0 Å². The average Bonchev–Trinajstić information content (AvgIpc) is 3.51. The van der Waals surface area contributed by atoms with Crippen LogP contribution < -0.4 is 0 Å². The molecule has 1 heterocycles. The van der Waals surface area contributed by atoms with Gasteiger partial charge in [-0.05, 0) is 81.8 Å². The first-order chi connectivity index (χ1) is 20.7. The molecule has 0 saturated heterocycles. The zero-order valence-corrected chi connectivity index (χ0v) is 30.0. The highest BCUT2D eigenvalue weighted by atomic mass is 127. The first kappa shape index (κ1) is 39.4. The molecular weight excluding hydrogens is 633 g/mol. The molecule has 0 radical (unpaired) electrons. The van der Waals surface area contributed by atoms with Crippen molar-refractivity contribution >= 4 is 28.6 Å². The third-order valence-corrected chi connectivity index (χ3v) is 9.23. The zero-order chi connectivity index (χ0) is 30.4. The number of imidazole rings is 1. The van der Waals surface area contributed by atoms with Crippen molar-refractivity contribution in [3.05, 3.63) is 18.7 Å². The minimum Gasteiger partial charge on any atom is -0.462 e. The first-order valence-electron chi connectivity index (χ1n) is 18.1. The van der Waals surface area contributed by atoms with Crippen molar-refractivity contribution < 1.29 is 9.53 Å². The Bertz CT molecular complexity index is 685. The van der Waals surface area contributed by atoms with Gasteiger partial charge in [0.2, 0.25) is 0 Å². The Hall–Kier alpha value is -0.630. The number of carbonyl (C=O) groups excluding carboxylic acids is 1. The van der Waals surface area contributed by atoms with Gasteiger partial charge in [0, 0.05) is 25.4 Å². The summed E-state index contributed by atoms with van der Waals surface area (Å²) in [7, 11) is 0. The molecule has 246 valence electrons. The molecule has 1 aromatic rings. The lowest BCUT2D eigenvalue weighted by atomic mass is 10.0. The standard InChI is InChI=1S/C36H68IN3O2/c1-3-5-7-9-10-14-21-29-39(31-23-32-40-33-28-38-34-40)30-22-15-11-13-19-26-36(41)42-35(25-18-16-20-27-37)24-17-12-8-6-4-2/h28,33-35H,3-27,29-32H2,1-2H3. The van der Waals surface area contributed by atoms with E-state index in [0.29, 0.717) is 6.42 Å². The van der Waals surface area contributed by atoms with Crippen LogP contribution in [0.15, 0.2) is 18.7 Å². The van der Waals surface area contributed by atoms with Crippen LogP contribution in [0, 0.1) is 0 Å². The number of esters is 1. The summed E-state index contributed by atoms with van der Waals surface area (Å²) in [6.45, 7) is 9.23. The molecule has 1 rings (SSSR count). The van der Waals surface area contributed by atoms with Crippen LogP contribution in [-0.2, 0) is 16.1 Å². The van der Waals surface area contributed by atoms with Crippen LogP contribution >= 0.6 is 22.6 Å². The molecule has 0 N–H and O–H groups in total. The van der Waals surface area contributed by atoms with E-state index >= 15 is 0 Å². The topological polar surface area (TPSA) is 47.4 Å². The Morgan fingerprint density at radius 2 is 1.24 bits per heavy atom. The number of alkyl halides is 1. The number of hydrogen-bond donors (Lipinski definition) is 0. The number of aryl methyl sites for hydroxylation is 1. The van der Waals surface area contributed by atoms with E-state index in [9.17, 15) is 4.79 Å². The van der Waals surface area contributed by atoms with Gasteiger partial charge >= 0.3 is 5.97 Å². The molecule has 5 nitrogen and oxygen atoms in total. The molecule has 42 heavy (non-hydrogen) atoms. The smallest absolute Gasteiger partial charge is 0.306 e. The fourth-order valence-corrected chi connectivity index (χ4v) is 6.32. The van der Waals surface area contributed by atoms with Crippen LogP contribution in [0.5, 0.6) is 0 Å². The van der Waals surface area contributed by atoms with Gasteiger partial charge in [0.1, 0.15) is 6.10 Å². The third kappa shape index (κ3) is 24.8. The number of nitrogens with zero attached hydrogens (tertiary/aromatic N) is 3. The molecule has 0 fully saturated rings. The minimum absolute atomic E-state index is 0.0428. The summed E-state index contributed by atoms with van der Waals surface area (Å²) in [5.74, 6) is 0.0428. The lowest BCUT2D eigenvalue weighted by Crippen LogP contribution is -2.28. The molecule has 1 unspecified atom stereocenters. The van der Waals surface area contributed by atoms with Crippen molar-refractivity contribution in [3.63, 3.8) is 0 Å². The zero-order valence-electron chi connectivity index (χ0n) is 27.9. The number of unbranched alkanes of at least 4 members (excludes halogenated alkanes) is 16. The molecule has 0 aromatic carbocycles. The van der Waals surface area contributed by atoms with E-state index in [-0.39, 0.29) is 12.1 Å². The number of ether oxygens (including phenoxy) is 1. The van der Waals surface area contributed by atoms with E-state index < -0.39 is 0 Å². The van der Waals surface area contributed by atoms with E-state index in [4.69, 9.17) is 4.74 Å². The lowest BCUT2D eigenvalue weighted by Gasteiger charge is -2.22. The number of aromatic nitrogens is 2. The van der Waals surface area contributed by atoms with Crippen molar-refractivity contribution in [2.45, 2.75) is 181 Å². The molecule has 6 heteroatoms. The average molecular weight is 702 g/mol. The van der Waals surface area contributed by atoms with Crippen molar-refractivity contribution in [1.29, 1.82) is 0 Å². The maximum atomic E-state index is 12.6. The molecule has 0 aliphatic rings. The molecule has 0 aliphatic heterocycles. The van der Waals surface area contributed by atoms with Crippen molar-refractivity contribution in [2.75, 3.05) is 24.1 Å². The Labute approximate surface area is 274 Å². The van der Waals surface area contributed by atoms with Gasteiger partial charge in [-0.1, -0.05) is 126 Å². The maximum Gasteiger partial charge on any atom is 0.306 e. The summed E-state index contributed by atoms with van der Waals surface area (Å²) in [6.07, 6.45) is 35.5. The summed E-state index contributed by atoms with van der Waals surface area (Å²) >= 11 is 2.46. The second kappa shape index (κ2) is 30.4. The van der Waals surface area contributed by atoms with Gasteiger partial charge in [0.15, 0.2) is 0 Å². The molecule has 0 spiro atoms. The van der Waals surface area contributed by atoms with Crippen LogP contribution in [0.3, 0.4) is 0 Å². The van der Waals surface area contributed by atoms with Crippen molar-refractivity contribution in [1.82, 2.24) is 14.5 Å². The van der Waals surface area contributed by atoms with Crippen molar-refractivity contribution in [2.24, 2.45) is 0 Å². The Morgan fingerprint density at radius 1 is 0.714 bits per heavy atom. The van der Waals surface area contributed by atoms with Gasteiger partial charge in [-0.3, -0.25) is 4.79 Å². The highest BCUT2D eigenvalue weighted by molar-refractivity contribution is 14.1. The quantitative estimate of drug-likeness (QED) is 0.0325. The first-order valence-corrected chi connectivity index (χ1v) is 19.7. The van der Waals surface area contributed by atoms with E-state index in [1.807, 2.05) is 12.5 Å². The molecular formula is C36H68IN3O2. The monoisotopic (exact) mass is 701 g/mol. The molecule has 0 saturated carbocycles. The van der Waals surface area contributed by atoms with Crippen LogP contribution in [0.4, 0.5) is 0 Å². The predicted molar refractivity (Wildman–Crippen MR) is 190 cm³/mol. The number of halogens is 1. The molecule has 1 atom stereocenters. The Kier molecular flexibility index (Phi) is 28.5. The SMILES string of the molecule is CCCCCCCCCN(CCCCCCCC(=O)OC(CCCCCI)CCCCCCC)CCCn1ccnc1. The predicted octanol–water partition coefficient (Wildman–Crippen LogP) is 10.9. The van der Waals surface area contributed by atoms with E-state index in [1.54, 1.807) is 0 Å². The second-order valence-electron chi connectivity index (χ2n) is 12.5. The van der Waals surface area contributed by atoms with Gasteiger partial charge in [-0.15, -0.1) is 0 Å². The number of hydrogen-bond acceptors (Lipinski definition) is 4. The molecule has 0 aliphatic carbocycles. The normalized spacial score (nSPS) is 12.3. The molecule has 1 aromatic heterocycles. The van der Waals surface area contributed by atoms with Gasteiger partial charge in [-0.25, -0.2) is 4.98 Å². The van der Waals surface area contributed by atoms with Gasteiger partial charge in [-0.2, -0.15) is 0 Å². The van der Waals surface area contributed by atoms with Gasteiger partial charge in [0.25, 0.3) is 0 Å². The number of carbonyl (C=O) groups is 1. The van der Waals surface area contributed by atoms with Crippen LogP contribution in [0.2, 0.25) is 0 Å². The highest BCUT2D eigenvalue weighted by Gasteiger charge is 2.14. The second-order valence-corrected chi connectivity index (χ2v) is 13.6. The Balaban J connectivity index is 2.23. The lowest BCUT2D eigenvalue weighted by molar-refractivity contribution is -0.150. The van der Waals surface area contributed by atoms with Crippen LogP contribution in [-0.4, -0.2) is 50.6 Å². The van der Waals surface area contributed by atoms with Gasteiger partial charge in [0.05, 0.1) is 6.33 Å². The van der Waals surface area contributed by atoms with E-state index in [2.05, 4.69) is 57.1 Å². The summed E-state index contributed by atoms with van der Waals surface area (Å²) in [6, 6.07) is 0. The van der Waals surface area contributed by atoms with Crippen LogP contribution in [0.1, 0.15) is 168 Å². The van der Waals surface area contributed by atoms with E-state index in [1.165, 1.54) is 146 Å². The van der Waals surface area contributed by atoms with E-state index in [0.717, 1.165) is 32.2 Å². The minimum atomic E-state index is 0.0428. The highest BCUT2D eigenvalue weighted by Crippen LogP contribution is 2.18. The van der Waals surface area contributed by atoms with Crippen LogP contribution in [0.25, 0.3) is 0 Å². The molecule has 0 amide bonds. The fourth-order valence-electron chi connectivity index (χ4n) is 5.78. The Morgan fingerprint density at radius 3 is 1.81 bits per heavy atom. The molecule has 0 bridgehead atoms. The van der Waals surface area contributed by atoms with Gasteiger partial charge < -0.3 is 14.2 Å². The summed E-state index contributed by atoms with van der Waals surface area (Å²) in [5.41, 5.74) is 0. The summed E-state index contributed by atoms with van der Waals surface area (Å²) < 4.78 is 9.40. The number of rotatable bonds is 32. The summed E-state index contributed by atoms with van der Waals surface area (Å²) in [5, 5.41) is 0. The third-order valence-electron chi connectivity index (χ3n) is 8.47.